The van der Waals surface area contributed by atoms with Crippen molar-refractivity contribution in [1.29, 1.82) is 0 Å². The first-order valence-corrected chi connectivity index (χ1v) is 7.62. The molecule has 0 saturated heterocycles. The van der Waals surface area contributed by atoms with Crippen molar-refractivity contribution in [2.24, 2.45) is 0 Å². The van der Waals surface area contributed by atoms with Gasteiger partial charge in [-0.15, -0.1) is 0 Å². The first kappa shape index (κ1) is 14.2. The second kappa shape index (κ2) is 6.31. The van der Waals surface area contributed by atoms with Gasteiger partial charge in [-0.2, -0.15) is 0 Å². The highest BCUT2D eigenvalue weighted by Gasteiger charge is 2.20. The molecule has 0 amide bonds. The Morgan fingerprint density at radius 1 is 1.14 bits per heavy atom. The molecule has 2 aromatic rings. The van der Waals surface area contributed by atoms with E-state index in [1.54, 1.807) is 24.3 Å². The van der Waals surface area contributed by atoms with Gasteiger partial charge in [-0.1, -0.05) is 36.2 Å². The molecule has 0 spiro atoms. The Labute approximate surface area is 129 Å². The van der Waals surface area contributed by atoms with Crippen LogP contribution in [0.3, 0.4) is 0 Å². The van der Waals surface area contributed by atoms with E-state index in [1.165, 1.54) is 24.8 Å². The number of ketones is 1. The highest BCUT2D eigenvalue weighted by atomic mass is 35.5. The van der Waals surface area contributed by atoms with Crippen LogP contribution in [0.5, 0.6) is 5.75 Å². The molecule has 2 nitrogen and oxygen atoms in total. The number of halogens is 1. The SMILES string of the molecule is O=C(COc1ccc(Cl)cc1)c1cccc(C2CCC2)c1. The molecule has 0 N–H and O–H groups in total. The van der Waals surface area contributed by atoms with Crippen LogP contribution in [0.2, 0.25) is 5.02 Å². The molecule has 1 saturated carbocycles. The minimum atomic E-state index is 0.00567. The smallest absolute Gasteiger partial charge is 0.200 e. The Hall–Kier alpha value is -1.80. The number of hydrogen-bond donors (Lipinski definition) is 0. The summed E-state index contributed by atoms with van der Waals surface area (Å²) in [6.07, 6.45) is 3.76. The van der Waals surface area contributed by atoms with Crippen molar-refractivity contribution < 1.29 is 9.53 Å². The summed E-state index contributed by atoms with van der Waals surface area (Å²) in [5.74, 6) is 1.30. The zero-order valence-corrected chi connectivity index (χ0v) is 12.5. The van der Waals surface area contributed by atoms with Crippen molar-refractivity contribution in [2.45, 2.75) is 25.2 Å². The molecule has 1 aliphatic rings. The molecule has 0 bridgehead atoms. The Morgan fingerprint density at radius 2 is 1.90 bits per heavy atom. The molecule has 1 fully saturated rings. The van der Waals surface area contributed by atoms with Crippen molar-refractivity contribution in [1.82, 2.24) is 0 Å². The molecule has 3 rings (SSSR count). The van der Waals surface area contributed by atoms with Crippen LogP contribution in [0.1, 0.15) is 41.1 Å². The van der Waals surface area contributed by atoms with Crippen molar-refractivity contribution in [3.8, 4) is 5.75 Å². The predicted molar refractivity (Wildman–Crippen MR) is 84.3 cm³/mol. The maximum Gasteiger partial charge on any atom is 0.200 e. The molecule has 2 aromatic carbocycles. The van der Waals surface area contributed by atoms with E-state index in [0.29, 0.717) is 16.7 Å². The van der Waals surface area contributed by atoms with Gasteiger partial charge in [-0.3, -0.25) is 4.79 Å². The Balaban J connectivity index is 1.63. The fourth-order valence-corrected chi connectivity index (χ4v) is 2.60. The minimum Gasteiger partial charge on any atom is -0.485 e. The van der Waals surface area contributed by atoms with Crippen LogP contribution in [-0.4, -0.2) is 12.4 Å². The average molecular weight is 301 g/mol. The van der Waals surface area contributed by atoms with Gasteiger partial charge in [-0.05, 0) is 54.7 Å². The zero-order chi connectivity index (χ0) is 14.7. The second-order valence-electron chi connectivity index (χ2n) is 5.42. The van der Waals surface area contributed by atoms with E-state index in [4.69, 9.17) is 16.3 Å². The van der Waals surface area contributed by atoms with E-state index in [1.807, 2.05) is 18.2 Å². The number of carbonyl (C=O) groups is 1. The van der Waals surface area contributed by atoms with Gasteiger partial charge in [0.2, 0.25) is 0 Å². The van der Waals surface area contributed by atoms with Gasteiger partial charge in [0, 0.05) is 10.6 Å². The van der Waals surface area contributed by atoms with Crippen LogP contribution in [-0.2, 0) is 0 Å². The van der Waals surface area contributed by atoms with Crippen molar-refractivity contribution >= 4 is 17.4 Å². The number of carbonyl (C=O) groups excluding carboxylic acids is 1. The van der Waals surface area contributed by atoms with Gasteiger partial charge in [-0.25, -0.2) is 0 Å². The summed E-state index contributed by atoms with van der Waals surface area (Å²) in [7, 11) is 0. The molecule has 0 heterocycles. The minimum absolute atomic E-state index is 0.00567. The third-order valence-electron chi connectivity index (χ3n) is 3.97. The summed E-state index contributed by atoms with van der Waals surface area (Å²) in [5, 5.41) is 0.655. The quantitative estimate of drug-likeness (QED) is 0.736. The number of ether oxygens (including phenoxy) is 1. The maximum absolute atomic E-state index is 12.2. The van der Waals surface area contributed by atoms with Gasteiger partial charge in [0.05, 0.1) is 0 Å². The van der Waals surface area contributed by atoms with E-state index in [0.717, 1.165) is 5.56 Å². The van der Waals surface area contributed by atoms with Gasteiger partial charge in [0.25, 0.3) is 0 Å². The summed E-state index contributed by atoms with van der Waals surface area (Å²) in [5.41, 5.74) is 2.01. The predicted octanol–water partition coefficient (Wildman–Crippen LogP) is 4.87. The van der Waals surface area contributed by atoms with Crippen molar-refractivity contribution in [3.05, 3.63) is 64.7 Å². The lowest BCUT2D eigenvalue weighted by Gasteiger charge is -2.26. The molecule has 0 aromatic heterocycles. The van der Waals surface area contributed by atoms with E-state index >= 15 is 0 Å². The number of rotatable bonds is 5. The lowest BCUT2D eigenvalue weighted by Crippen LogP contribution is -2.13. The highest BCUT2D eigenvalue weighted by Crippen LogP contribution is 2.36. The molecular weight excluding hydrogens is 284 g/mol. The van der Waals surface area contributed by atoms with Crippen molar-refractivity contribution in [2.75, 3.05) is 6.61 Å². The summed E-state index contributed by atoms with van der Waals surface area (Å²) < 4.78 is 5.51. The summed E-state index contributed by atoms with van der Waals surface area (Å²) in [6, 6.07) is 15.0. The van der Waals surface area contributed by atoms with E-state index in [2.05, 4.69) is 6.07 Å². The van der Waals surface area contributed by atoms with Crippen LogP contribution in [0.4, 0.5) is 0 Å². The normalized spacial score (nSPS) is 14.5. The molecular formula is C18H17ClO2. The lowest BCUT2D eigenvalue weighted by atomic mass is 9.79. The van der Waals surface area contributed by atoms with Gasteiger partial charge < -0.3 is 4.74 Å². The summed E-state index contributed by atoms with van der Waals surface area (Å²) in [4.78, 5) is 12.2. The third-order valence-corrected chi connectivity index (χ3v) is 4.22. The Morgan fingerprint density at radius 3 is 2.57 bits per heavy atom. The van der Waals surface area contributed by atoms with Crippen LogP contribution in [0, 0.1) is 0 Å². The van der Waals surface area contributed by atoms with E-state index < -0.39 is 0 Å². The number of hydrogen-bond acceptors (Lipinski definition) is 2. The summed E-state index contributed by atoms with van der Waals surface area (Å²) in [6.45, 7) is 0.0513. The third kappa shape index (κ3) is 3.45. The number of benzene rings is 2. The fraction of sp³-hybridized carbons (Fsp3) is 0.278. The fourth-order valence-electron chi connectivity index (χ4n) is 2.47. The molecule has 0 radical (unpaired) electrons. The highest BCUT2D eigenvalue weighted by molar-refractivity contribution is 6.30. The molecule has 1 aliphatic carbocycles. The molecule has 0 atom stereocenters. The van der Waals surface area contributed by atoms with Crippen LogP contribution in [0.15, 0.2) is 48.5 Å². The number of Topliss-reactive ketones (excluding diaryl/α,β-unsaturated/α-hetero) is 1. The van der Waals surface area contributed by atoms with Crippen LogP contribution in [0.25, 0.3) is 0 Å². The van der Waals surface area contributed by atoms with Crippen LogP contribution < -0.4 is 4.74 Å². The standard InChI is InChI=1S/C18H17ClO2/c19-16-7-9-17(10-8-16)21-12-18(20)15-6-2-5-14(11-15)13-3-1-4-13/h2,5-11,13H,1,3-4,12H2. The van der Waals surface area contributed by atoms with Gasteiger partial charge >= 0.3 is 0 Å². The first-order valence-electron chi connectivity index (χ1n) is 7.24. The second-order valence-corrected chi connectivity index (χ2v) is 5.86. The summed E-state index contributed by atoms with van der Waals surface area (Å²) >= 11 is 5.81. The Bertz CT molecular complexity index is 630. The molecule has 108 valence electrons. The molecule has 3 heteroatoms. The zero-order valence-electron chi connectivity index (χ0n) is 11.7. The largest absolute Gasteiger partial charge is 0.485 e. The maximum atomic E-state index is 12.2. The van der Waals surface area contributed by atoms with Gasteiger partial charge in [0.15, 0.2) is 12.4 Å². The first-order chi connectivity index (χ1) is 10.2. The van der Waals surface area contributed by atoms with Gasteiger partial charge in [0.1, 0.15) is 5.75 Å². The van der Waals surface area contributed by atoms with E-state index in [-0.39, 0.29) is 12.4 Å². The monoisotopic (exact) mass is 300 g/mol. The molecule has 0 aliphatic heterocycles. The van der Waals surface area contributed by atoms with E-state index in [9.17, 15) is 4.79 Å². The molecule has 21 heavy (non-hydrogen) atoms. The average Bonchev–Trinajstić information content (AvgIpc) is 2.45. The molecule has 0 unspecified atom stereocenters. The van der Waals surface area contributed by atoms with Crippen LogP contribution >= 0.6 is 11.6 Å². The lowest BCUT2D eigenvalue weighted by molar-refractivity contribution is 0.0921. The van der Waals surface area contributed by atoms with Crippen molar-refractivity contribution in [3.63, 3.8) is 0 Å². The Kier molecular flexibility index (Phi) is 4.26. The topological polar surface area (TPSA) is 26.3 Å².